The van der Waals surface area contributed by atoms with Crippen molar-refractivity contribution in [1.29, 1.82) is 0 Å². The molecule has 1 heterocycles. The van der Waals surface area contributed by atoms with Crippen LogP contribution in [-0.2, 0) is 4.74 Å². The summed E-state index contributed by atoms with van der Waals surface area (Å²) in [5.41, 5.74) is 0. The lowest BCUT2D eigenvalue weighted by Gasteiger charge is -2.36. The Morgan fingerprint density at radius 3 is 2.73 bits per heavy atom. The molecule has 1 saturated carbocycles. The van der Waals surface area contributed by atoms with Gasteiger partial charge in [-0.05, 0) is 38.8 Å². The van der Waals surface area contributed by atoms with Crippen LogP contribution in [0.5, 0.6) is 0 Å². The van der Waals surface area contributed by atoms with Crippen molar-refractivity contribution in [3.05, 3.63) is 0 Å². The van der Waals surface area contributed by atoms with Crippen molar-refractivity contribution in [2.45, 2.75) is 31.4 Å². The Morgan fingerprint density at radius 2 is 2.09 bits per heavy atom. The number of fused-ring (bicyclic) bond motifs is 2. The van der Waals surface area contributed by atoms with Gasteiger partial charge in [0, 0.05) is 13.2 Å². The first kappa shape index (κ1) is 7.56. The second-order valence-electron chi connectivity index (χ2n) is 3.87. The minimum Gasteiger partial charge on any atom is -0.380 e. The molecular formula is C9H17NO. The van der Waals surface area contributed by atoms with Gasteiger partial charge in [-0.1, -0.05) is 0 Å². The number of likely N-dealkylation sites (tertiary alicyclic amines) is 1. The first-order valence-corrected chi connectivity index (χ1v) is 4.56. The summed E-state index contributed by atoms with van der Waals surface area (Å²) in [4.78, 5) is 2.46. The third-order valence-electron chi connectivity index (χ3n) is 3.37. The molecule has 0 amide bonds. The average Bonchev–Trinajstić information content (AvgIpc) is 2.34. The third kappa shape index (κ3) is 1.09. The van der Waals surface area contributed by atoms with E-state index in [-0.39, 0.29) is 0 Å². The van der Waals surface area contributed by atoms with Gasteiger partial charge < -0.3 is 9.64 Å². The topological polar surface area (TPSA) is 12.5 Å². The Bertz CT molecular complexity index is 148. The van der Waals surface area contributed by atoms with Crippen LogP contribution in [0.4, 0.5) is 0 Å². The van der Waals surface area contributed by atoms with Crippen LogP contribution in [0.15, 0.2) is 0 Å². The van der Waals surface area contributed by atoms with Crippen LogP contribution in [0.2, 0.25) is 0 Å². The Labute approximate surface area is 68.5 Å². The molecule has 0 aromatic rings. The van der Waals surface area contributed by atoms with Gasteiger partial charge in [0.1, 0.15) is 0 Å². The number of methoxy groups -OCH3 is 1. The Morgan fingerprint density at radius 1 is 1.27 bits per heavy atom. The summed E-state index contributed by atoms with van der Waals surface area (Å²) in [6.07, 6.45) is 4.60. The second kappa shape index (κ2) is 2.76. The fourth-order valence-corrected chi connectivity index (χ4v) is 2.69. The zero-order valence-corrected chi connectivity index (χ0v) is 7.42. The summed E-state index contributed by atoms with van der Waals surface area (Å²) in [5.74, 6) is 0.862. The van der Waals surface area contributed by atoms with Crippen molar-refractivity contribution in [2.24, 2.45) is 5.92 Å². The van der Waals surface area contributed by atoms with Gasteiger partial charge in [0.05, 0.1) is 6.10 Å². The fourth-order valence-electron chi connectivity index (χ4n) is 2.69. The van der Waals surface area contributed by atoms with Gasteiger partial charge in [-0.25, -0.2) is 0 Å². The minimum absolute atomic E-state index is 0.536. The van der Waals surface area contributed by atoms with Crippen molar-refractivity contribution in [3.63, 3.8) is 0 Å². The smallest absolute Gasteiger partial charge is 0.0754 e. The number of likely N-dealkylation sites (N-methyl/N-ethyl adjacent to an activating group) is 1. The van der Waals surface area contributed by atoms with Crippen molar-refractivity contribution in [3.8, 4) is 0 Å². The van der Waals surface area contributed by atoms with E-state index >= 15 is 0 Å². The first-order chi connectivity index (χ1) is 5.33. The van der Waals surface area contributed by atoms with E-state index in [2.05, 4.69) is 11.9 Å². The SMILES string of the molecule is COC1C2CCC1N(C)CC2. The molecule has 0 radical (unpaired) electrons. The largest absolute Gasteiger partial charge is 0.380 e. The van der Waals surface area contributed by atoms with E-state index in [1.54, 1.807) is 0 Å². The highest BCUT2D eigenvalue weighted by Crippen LogP contribution is 2.37. The molecule has 3 atom stereocenters. The lowest BCUT2D eigenvalue weighted by atomic mass is 9.96. The summed E-state index contributed by atoms with van der Waals surface area (Å²) in [5, 5.41) is 0. The minimum atomic E-state index is 0.536. The maximum atomic E-state index is 5.51. The van der Waals surface area contributed by atoms with Crippen molar-refractivity contribution in [1.82, 2.24) is 4.90 Å². The van der Waals surface area contributed by atoms with Gasteiger partial charge in [0.15, 0.2) is 0 Å². The molecule has 1 saturated heterocycles. The van der Waals surface area contributed by atoms with Crippen molar-refractivity contribution >= 4 is 0 Å². The number of piperidine rings is 1. The van der Waals surface area contributed by atoms with Crippen LogP contribution >= 0.6 is 0 Å². The van der Waals surface area contributed by atoms with Crippen molar-refractivity contribution in [2.75, 3.05) is 20.7 Å². The molecule has 2 bridgehead atoms. The van der Waals surface area contributed by atoms with Crippen LogP contribution < -0.4 is 0 Å². The molecule has 1 aliphatic carbocycles. The van der Waals surface area contributed by atoms with E-state index in [4.69, 9.17) is 4.74 Å². The highest BCUT2D eigenvalue weighted by molar-refractivity contribution is 4.95. The van der Waals surface area contributed by atoms with E-state index in [0.29, 0.717) is 6.10 Å². The van der Waals surface area contributed by atoms with Gasteiger partial charge in [-0.3, -0.25) is 0 Å². The highest BCUT2D eigenvalue weighted by atomic mass is 16.5. The molecule has 2 aliphatic rings. The molecule has 2 fully saturated rings. The summed E-state index contributed by atoms with van der Waals surface area (Å²) in [6, 6.07) is 0.721. The number of hydrogen-bond acceptors (Lipinski definition) is 2. The fraction of sp³-hybridized carbons (Fsp3) is 1.00. The van der Waals surface area contributed by atoms with Crippen molar-refractivity contribution < 1.29 is 4.74 Å². The summed E-state index contributed by atoms with van der Waals surface area (Å²) in [7, 11) is 4.08. The van der Waals surface area contributed by atoms with E-state index < -0.39 is 0 Å². The molecule has 0 aromatic carbocycles. The van der Waals surface area contributed by atoms with E-state index in [1.165, 1.54) is 25.8 Å². The van der Waals surface area contributed by atoms with Gasteiger partial charge >= 0.3 is 0 Å². The molecule has 1 aliphatic heterocycles. The van der Waals surface area contributed by atoms with E-state index in [9.17, 15) is 0 Å². The molecule has 0 aromatic heterocycles. The predicted octanol–water partition coefficient (Wildman–Crippen LogP) is 1.12. The quantitative estimate of drug-likeness (QED) is 0.562. The predicted molar refractivity (Wildman–Crippen MR) is 44.6 cm³/mol. The van der Waals surface area contributed by atoms with Gasteiger partial charge in [0.2, 0.25) is 0 Å². The molecular weight excluding hydrogens is 138 g/mol. The Balaban J connectivity index is 2.10. The van der Waals surface area contributed by atoms with Crippen LogP contribution in [0.25, 0.3) is 0 Å². The molecule has 2 nitrogen and oxygen atoms in total. The number of nitrogens with zero attached hydrogens (tertiary/aromatic N) is 1. The first-order valence-electron chi connectivity index (χ1n) is 4.56. The maximum absolute atomic E-state index is 5.51. The van der Waals surface area contributed by atoms with Gasteiger partial charge in [-0.15, -0.1) is 0 Å². The molecule has 11 heavy (non-hydrogen) atoms. The zero-order chi connectivity index (χ0) is 7.84. The normalized spacial score (nSPS) is 44.7. The van der Waals surface area contributed by atoms with Gasteiger partial charge in [0.25, 0.3) is 0 Å². The van der Waals surface area contributed by atoms with E-state index in [0.717, 1.165) is 12.0 Å². The third-order valence-corrected chi connectivity index (χ3v) is 3.37. The standard InChI is InChI=1S/C9H17NO/c1-10-6-5-7-3-4-8(10)9(7)11-2/h7-9H,3-6H2,1-2H3. The summed E-state index contributed by atoms with van der Waals surface area (Å²) < 4.78 is 5.51. The maximum Gasteiger partial charge on any atom is 0.0754 e. The molecule has 0 N–H and O–H groups in total. The average molecular weight is 155 g/mol. The number of rotatable bonds is 1. The van der Waals surface area contributed by atoms with Crippen LogP contribution in [0, 0.1) is 5.92 Å². The van der Waals surface area contributed by atoms with Gasteiger partial charge in [-0.2, -0.15) is 0 Å². The molecule has 2 heteroatoms. The lowest BCUT2D eigenvalue weighted by Crippen LogP contribution is -2.46. The highest BCUT2D eigenvalue weighted by Gasteiger charge is 2.41. The Hall–Kier alpha value is -0.0800. The lowest BCUT2D eigenvalue weighted by molar-refractivity contribution is -0.0132. The summed E-state index contributed by atoms with van der Waals surface area (Å²) >= 11 is 0. The summed E-state index contributed by atoms with van der Waals surface area (Å²) in [6.45, 7) is 1.27. The van der Waals surface area contributed by atoms with E-state index in [1.807, 2.05) is 7.11 Å². The Kier molecular flexibility index (Phi) is 1.90. The molecule has 2 rings (SSSR count). The molecule has 0 spiro atoms. The van der Waals surface area contributed by atoms with Crippen LogP contribution in [0.1, 0.15) is 19.3 Å². The zero-order valence-electron chi connectivity index (χ0n) is 7.42. The molecule has 3 unspecified atom stereocenters. The van der Waals surface area contributed by atoms with Crippen LogP contribution in [-0.4, -0.2) is 37.7 Å². The molecule has 64 valence electrons. The number of hydrogen-bond donors (Lipinski definition) is 0. The second-order valence-corrected chi connectivity index (χ2v) is 3.87. The van der Waals surface area contributed by atoms with Crippen LogP contribution in [0.3, 0.4) is 0 Å². The monoisotopic (exact) mass is 155 g/mol. The number of ether oxygens (including phenoxy) is 1.